The summed E-state index contributed by atoms with van der Waals surface area (Å²) in [5.41, 5.74) is 2.20. The Labute approximate surface area is 153 Å². The molecule has 24 heavy (non-hydrogen) atoms. The number of aromatic nitrogens is 2. The van der Waals surface area contributed by atoms with E-state index in [1.165, 1.54) is 4.88 Å². The van der Waals surface area contributed by atoms with Crippen LogP contribution in [0.3, 0.4) is 0 Å². The van der Waals surface area contributed by atoms with Crippen LogP contribution >= 0.6 is 11.3 Å². The van der Waals surface area contributed by atoms with Crippen molar-refractivity contribution >= 4 is 18.1 Å². The van der Waals surface area contributed by atoms with Crippen LogP contribution in [0.4, 0.5) is 0 Å². The third-order valence-electron chi connectivity index (χ3n) is 1.82. The Kier molecular flexibility index (Phi) is 32.9. The fourth-order valence-corrected chi connectivity index (χ4v) is 1.88. The van der Waals surface area contributed by atoms with E-state index in [1.54, 1.807) is 11.3 Å². The molecule has 2 aromatic heterocycles. The van der Waals surface area contributed by atoms with Gasteiger partial charge in [0, 0.05) is 30.4 Å². The van der Waals surface area contributed by atoms with E-state index < -0.39 is 0 Å². The number of aryl methyl sites for hydroxylation is 2. The number of nitrogens with zero attached hydrogens (tertiary/aromatic N) is 3. The highest BCUT2D eigenvalue weighted by atomic mass is 32.1. The van der Waals surface area contributed by atoms with Gasteiger partial charge >= 0.3 is 0 Å². The lowest BCUT2D eigenvalue weighted by molar-refractivity contribution is 0.323. The molecule has 0 radical (unpaired) electrons. The minimum absolute atomic E-state index is 1.05. The van der Waals surface area contributed by atoms with Gasteiger partial charge in [0.1, 0.15) is 0 Å². The van der Waals surface area contributed by atoms with Gasteiger partial charge < -0.3 is 5.21 Å². The molecule has 0 aliphatic rings. The number of rotatable bonds is 1. The maximum absolute atomic E-state index is 7.08. The smallest absolute Gasteiger partial charge is 0.0900 e. The lowest BCUT2D eigenvalue weighted by atomic mass is 10.2. The summed E-state index contributed by atoms with van der Waals surface area (Å²) in [4.78, 5) is 9.64. The molecule has 0 saturated carbocycles. The van der Waals surface area contributed by atoms with E-state index in [0.29, 0.717) is 0 Å². The summed E-state index contributed by atoms with van der Waals surface area (Å²) >= 11 is 1.70. The summed E-state index contributed by atoms with van der Waals surface area (Å²) in [5.74, 6) is 0. The minimum Gasteiger partial charge on any atom is -0.411 e. The SMILES string of the molecule is C=NO.CC.CC.CC.CC.Cc1ccc(-c2cnc(C)s2)cn1. The van der Waals surface area contributed by atoms with Gasteiger partial charge in [0.05, 0.1) is 9.88 Å². The summed E-state index contributed by atoms with van der Waals surface area (Å²) in [5, 5.41) is 10.4. The molecule has 0 atom stereocenters. The Bertz CT molecular complexity index is 454. The number of oxime groups is 1. The van der Waals surface area contributed by atoms with E-state index in [2.05, 4.69) is 27.9 Å². The Balaban J connectivity index is -0.000000155. The van der Waals surface area contributed by atoms with Crippen molar-refractivity contribution in [2.45, 2.75) is 69.2 Å². The third-order valence-corrected chi connectivity index (χ3v) is 2.78. The molecule has 0 aliphatic carbocycles. The molecule has 0 aromatic carbocycles. The second-order valence-electron chi connectivity index (χ2n) is 3.07. The summed E-state index contributed by atoms with van der Waals surface area (Å²) < 4.78 is 0. The standard InChI is InChI=1S/C10H10N2S.4C2H6.CH3NO/c1-7-3-4-9(5-11-7)10-6-12-8(2)13-10;4*1-2;1-2-3/h3-6H,1-2H3;4*1-2H3;3H,1H2. The van der Waals surface area contributed by atoms with Crippen LogP contribution < -0.4 is 0 Å². The van der Waals surface area contributed by atoms with E-state index >= 15 is 0 Å². The van der Waals surface area contributed by atoms with Crippen molar-refractivity contribution < 1.29 is 5.21 Å². The lowest BCUT2D eigenvalue weighted by Crippen LogP contribution is -1.79. The quantitative estimate of drug-likeness (QED) is 0.340. The van der Waals surface area contributed by atoms with Gasteiger partial charge in [-0.25, -0.2) is 4.98 Å². The zero-order valence-corrected chi connectivity index (χ0v) is 18.0. The van der Waals surface area contributed by atoms with Gasteiger partial charge in [-0.3, -0.25) is 4.98 Å². The van der Waals surface area contributed by atoms with Crippen molar-refractivity contribution in [3.63, 3.8) is 0 Å². The summed E-state index contributed by atoms with van der Waals surface area (Å²) in [6, 6.07) is 4.10. The first kappa shape index (κ1) is 30.2. The predicted octanol–water partition coefficient (Wildman–Crippen LogP) is 7.00. The number of hydrogen-bond acceptors (Lipinski definition) is 5. The van der Waals surface area contributed by atoms with Gasteiger partial charge in [0.2, 0.25) is 0 Å². The second kappa shape index (κ2) is 26.2. The van der Waals surface area contributed by atoms with Crippen LogP contribution in [0, 0.1) is 13.8 Å². The monoisotopic (exact) mass is 355 g/mol. The molecular weight excluding hydrogens is 318 g/mol. The van der Waals surface area contributed by atoms with Crippen molar-refractivity contribution in [3.8, 4) is 10.4 Å². The Morgan fingerprint density at radius 1 is 0.875 bits per heavy atom. The first-order chi connectivity index (χ1) is 11.7. The van der Waals surface area contributed by atoms with Crippen LogP contribution in [0.1, 0.15) is 66.1 Å². The molecule has 0 aliphatic heterocycles. The molecule has 0 saturated heterocycles. The van der Waals surface area contributed by atoms with E-state index in [4.69, 9.17) is 5.21 Å². The fraction of sp³-hybridized carbons (Fsp3) is 0.526. The molecule has 0 amide bonds. The molecule has 1 N–H and O–H groups in total. The molecule has 0 fully saturated rings. The Hall–Kier alpha value is -1.75. The maximum atomic E-state index is 7.08. The van der Waals surface area contributed by atoms with Crippen LogP contribution in [0.15, 0.2) is 29.7 Å². The van der Waals surface area contributed by atoms with Crippen LogP contribution in [0.5, 0.6) is 0 Å². The van der Waals surface area contributed by atoms with Gasteiger partial charge in [0.15, 0.2) is 0 Å². The summed E-state index contributed by atoms with van der Waals surface area (Å²) in [6.45, 7) is 22.7. The van der Waals surface area contributed by atoms with Gasteiger partial charge in [-0.2, -0.15) is 0 Å². The molecule has 0 unspecified atom stereocenters. The molecule has 140 valence electrons. The van der Waals surface area contributed by atoms with Gasteiger partial charge in [-0.05, 0) is 19.9 Å². The average Bonchev–Trinajstić information content (AvgIpc) is 3.10. The maximum Gasteiger partial charge on any atom is 0.0900 e. The van der Waals surface area contributed by atoms with Crippen molar-refractivity contribution in [1.82, 2.24) is 9.97 Å². The van der Waals surface area contributed by atoms with Crippen molar-refractivity contribution in [1.29, 1.82) is 0 Å². The normalized spacial score (nSPS) is 7.08. The number of hydrogen-bond donors (Lipinski definition) is 1. The van der Waals surface area contributed by atoms with E-state index in [0.717, 1.165) is 16.3 Å². The van der Waals surface area contributed by atoms with Crippen LogP contribution in [-0.2, 0) is 0 Å². The number of pyridine rings is 1. The highest BCUT2D eigenvalue weighted by Gasteiger charge is 2.00. The summed E-state index contributed by atoms with van der Waals surface area (Å²) in [6.07, 6.45) is 3.79. The topological polar surface area (TPSA) is 58.4 Å². The number of thiazole rings is 1. The van der Waals surface area contributed by atoms with Crippen LogP contribution in [0.2, 0.25) is 0 Å². The van der Waals surface area contributed by atoms with Gasteiger partial charge in [0.25, 0.3) is 0 Å². The van der Waals surface area contributed by atoms with Crippen LogP contribution in [-0.4, -0.2) is 21.9 Å². The zero-order chi connectivity index (χ0) is 20.0. The Morgan fingerprint density at radius 3 is 1.62 bits per heavy atom. The highest BCUT2D eigenvalue weighted by molar-refractivity contribution is 7.15. The van der Waals surface area contributed by atoms with E-state index in [9.17, 15) is 0 Å². The van der Waals surface area contributed by atoms with Crippen molar-refractivity contribution in [2.24, 2.45) is 5.16 Å². The highest BCUT2D eigenvalue weighted by Crippen LogP contribution is 2.24. The minimum atomic E-state index is 1.05. The largest absolute Gasteiger partial charge is 0.411 e. The molecule has 4 nitrogen and oxygen atoms in total. The lowest BCUT2D eigenvalue weighted by Gasteiger charge is -1.95. The van der Waals surface area contributed by atoms with E-state index in [-0.39, 0.29) is 0 Å². The molecule has 2 heterocycles. The zero-order valence-electron chi connectivity index (χ0n) is 17.2. The molecule has 0 spiro atoms. The van der Waals surface area contributed by atoms with Crippen molar-refractivity contribution in [3.05, 3.63) is 35.2 Å². The predicted molar refractivity (Wildman–Crippen MR) is 112 cm³/mol. The van der Waals surface area contributed by atoms with E-state index in [1.807, 2.05) is 87.7 Å². The fourth-order valence-electron chi connectivity index (χ4n) is 1.11. The first-order valence-electron chi connectivity index (χ1n) is 8.63. The molecular formula is C19H37N3OS. The summed E-state index contributed by atoms with van der Waals surface area (Å²) in [7, 11) is 0. The average molecular weight is 356 g/mol. The molecule has 2 aromatic rings. The third kappa shape index (κ3) is 16.6. The van der Waals surface area contributed by atoms with Crippen LogP contribution in [0.25, 0.3) is 10.4 Å². The molecule has 0 bridgehead atoms. The molecule has 5 heteroatoms. The molecule has 2 rings (SSSR count). The Morgan fingerprint density at radius 2 is 1.33 bits per heavy atom. The van der Waals surface area contributed by atoms with Gasteiger partial charge in [-0.1, -0.05) is 61.5 Å². The van der Waals surface area contributed by atoms with Crippen molar-refractivity contribution in [2.75, 3.05) is 0 Å². The first-order valence-corrected chi connectivity index (χ1v) is 9.44. The second-order valence-corrected chi connectivity index (χ2v) is 4.31. The van der Waals surface area contributed by atoms with Gasteiger partial charge in [-0.15, -0.1) is 16.5 Å².